The van der Waals surface area contributed by atoms with Crippen molar-refractivity contribution in [3.8, 4) is 0 Å². The molecule has 0 aromatic carbocycles. The summed E-state index contributed by atoms with van der Waals surface area (Å²) >= 11 is 0. The molecule has 0 radical (unpaired) electrons. The minimum Gasteiger partial charge on any atom is -0.385 e. The topological polar surface area (TPSA) is 37.3 Å². The van der Waals surface area contributed by atoms with E-state index in [9.17, 15) is 9.90 Å². The molecule has 0 aromatic heterocycles. The zero-order valence-electron chi connectivity index (χ0n) is 19.3. The standard InChI is InChI=1S/C27H42O2/c1-17(2)7-6-8-18(3)21-11-12-22-20-10-9-19-15-24(28)25(29)16-27(19,5)23(20)13-14-26(21,22)4/h9-10,15,17-18,20-23,25,29H,6-8,11-14,16H2,1-5H3/t18-,20+,21-,22+,23+,25?,26-,27+/m1/s1. The highest BCUT2D eigenvalue weighted by Crippen LogP contribution is 2.66. The van der Waals surface area contributed by atoms with Crippen molar-refractivity contribution in [3.05, 3.63) is 23.8 Å². The molecule has 1 unspecified atom stereocenters. The van der Waals surface area contributed by atoms with Crippen molar-refractivity contribution >= 4 is 5.78 Å². The van der Waals surface area contributed by atoms with E-state index in [2.05, 4.69) is 46.8 Å². The molecule has 0 amide bonds. The Bertz CT molecular complexity index is 703. The summed E-state index contributed by atoms with van der Waals surface area (Å²) < 4.78 is 0. The van der Waals surface area contributed by atoms with Gasteiger partial charge >= 0.3 is 0 Å². The second-order valence-corrected chi connectivity index (χ2v) is 11.8. The summed E-state index contributed by atoms with van der Waals surface area (Å²) in [4.78, 5) is 12.1. The third-order valence-corrected chi connectivity index (χ3v) is 9.75. The Balaban J connectivity index is 1.54. The fraction of sp³-hybridized carbons (Fsp3) is 0.815. The highest BCUT2D eigenvalue weighted by molar-refractivity contribution is 5.95. The van der Waals surface area contributed by atoms with Gasteiger partial charge in [-0.2, -0.15) is 0 Å². The van der Waals surface area contributed by atoms with Gasteiger partial charge in [-0.15, -0.1) is 0 Å². The lowest BCUT2D eigenvalue weighted by Crippen LogP contribution is -2.51. The van der Waals surface area contributed by atoms with Gasteiger partial charge in [-0.1, -0.05) is 66.0 Å². The Morgan fingerprint density at radius 1 is 1.10 bits per heavy atom. The fourth-order valence-electron chi connectivity index (χ4n) is 8.08. The quantitative estimate of drug-likeness (QED) is 0.586. The van der Waals surface area contributed by atoms with Crippen LogP contribution in [-0.2, 0) is 4.79 Å². The number of hydrogen-bond acceptors (Lipinski definition) is 2. The fourth-order valence-corrected chi connectivity index (χ4v) is 8.08. The molecule has 4 aliphatic carbocycles. The van der Waals surface area contributed by atoms with Crippen LogP contribution < -0.4 is 0 Å². The van der Waals surface area contributed by atoms with Gasteiger partial charge in [0.05, 0.1) is 0 Å². The molecular weight excluding hydrogens is 356 g/mol. The smallest absolute Gasteiger partial charge is 0.184 e. The zero-order valence-corrected chi connectivity index (χ0v) is 19.3. The van der Waals surface area contributed by atoms with E-state index in [1.54, 1.807) is 6.08 Å². The van der Waals surface area contributed by atoms with Gasteiger partial charge in [0.25, 0.3) is 0 Å². The molecule has 2 heteroatoms. The maximum atomic E-state index is 12.1. The van der Waals surface area contributed by atoms with Crippen molar-refractivity contribution in [1.82, 2.24) is 0 Å². The first-order valence-corrected chi connectivity index (χ1v) is 12.3. The van der Waals surface area contributed by atoms with E-state index < -0.39 is 6.10 Å². The predicted molar refractivity (Wildman–Crippen MR) is 119 cm³/mol. The first-order chi connectivity index (χ1) is 13.7. The average Bonchev–Trinajstić information content (AvgIpc) is 3.00. The monoisotopic (exact) mass is 398 g/mol. The number of carbonyl (C=O) groups excluding carboxylic acids is 1. The maximum absolute atomic E-state index is 12.1. The van der Waals surface area contributed by atoms with Gasteiger partial charge in [0, 0.05) is 0 Å². The van der Waals surface area contributed by atoms with Crippen molar-refractivity contribution in [2.75, 3.05) is 0 Å². The molecule has 0 aliphatic heterocycles. The van der Waals surface area contributed by atoms with Crippen LogP contribution >= 0.6 is 0 Å². The van der Waals surface area contributed by atoms with E-state index in [1.807, 2.05) is 0 Å². The lowest BCUT2D eigenvalue weighted by molar-refractivity contribution is -0.126. The number of carbonyl (C=O) groups is 1. The van der Waals surface area contributed by atoms with Gasteiger partial charge in [0.1, 0.15) is 6.10 Å². The van der Waals surface area contributed by atoms with E-state index in [0.717, 1.165) is 23.7 Å². The lowest BCUT2D eigenvalue weighted by atomic mass is 9.48. The van der Waals surface area contributed by atoms with Crippen molar-refractivity contribution in [1.29, 1.82) is 0 Å². The van der Waals surface area contributed by atoms with Gasteiger partial charge in [-0.05, 0) is 90.1 Å². The van der Waals surface area contributed by atoms with Crippen LogP contribution in [0.25, 0.3) is 0 Å². The average molecular weight is 399 g/mol. The number of hydrogen-bond donors (Lipinski definition) is 1. The predicted octanol–water partition coefficient (Wildman–Crippen LogP) is 6.34. The van der Waals surface area contributed by atoms with Gasteiger partial charge in [-0.3, -0.25) is 4.79 Å². The molecule has 1 N–H and O–H groups in total. The van der Waals surface area contributed by atoms with E-state index in [4.69, 9.17) is 0 Å². The molecule has 2 nitrogen and oxygen atoms in total. The summed E-state index contributed by atoms with van der Waals surface area (Å²) in [6.07, 6.45) is 15.7. The van der Waals surface area contributed by atoms with Gasteiger partial charge in [0.15, 0.2) is 5.78 Å². The molecule has 4 aliphatic rings. The van der Waals surface area contributed by atoms with Crippen LogP contribution in [0.5, 0.6) is 0 Å². The Morgan fingerprint density at radius 3 is 2.59 bits per heavy atom. The number of aliphatic hydroxyl groups excluding tert-OH is 1. The largest absolute Gasteiger partial charge is 0.385 e. The van der Waals surface area contributed by atoms with Crippen LogP contribution in [0.4, 0.5) is 0 Å². The van der Waals surface area contributed by atoms with E-state index in [-0.39, 0.29) is 11.2 Å². The van der Waals surface area contributed by atoms with Crippen LogP contribution in [0.3, 0.4) is 0 Å². The summed E-state index contributed by atoms with van der Waals surface area (Å²) in [7, 11) is 0. The third kappa shape index (κ3) is 3.48. The highest BCUT2D eigenvalue weighted by Gasteiger charge is 2.59. The summed E-state index contributed by atoms with van der Waals surface area (Å²) in [5, 5.41) is 10.3. The molecular formula is C27H42O2. The number of aliphatic hydroxyl groups is 1. The molecule has 0 heterocycles. The Morgan fingerprint density at radius 2 is 1.86 bits per heavy atom. The first kappa shape index (κ1) is 21.3. The van der Waals surface area contributed by atoms with E-state index in [1.165, 1.54) is 50.5 Å². The van der Waals surface area contributed by atoms with Gasteiger partial charge in [0.2, 0.25) is 0 Å². The Kier molecular flexibility index (Phi) is 5.64. The molecule has 2 saturated carbocycles. The number of allylic oxidation sites excluding steroid dienone is 3. The minimum absolute atomic E-state index is 0.0327. The van der Waals surface area contributed by atoms with Crippen LogP contribution in [0, 0.1) is 46.3 Å². The molecule has 0 saturated heterocycles. The zero-order chi connectivity index (χ0) is 21.0. The molecule has 0 spiro atoms. The molecule has 29 heavy (non-hydrogen) atoms. The molecule has 0 aromatic rings. The molecule has 4 rings (SSSR count). The summed E-state index contributed by atoms with van der Waals surface area (Å²) in [5.41, 5.74) is 1.60. The van der Waals surface area contributed by atoms with E-state index >= 15 is 0 Å². The number of ketones is 1. The van der Waals surface area contributed by atoms with Gasteiger partial charge < -0.3 is 5.11 Å². The molecule has 8 atom stereocenters. The number of rotatable bonds is 5. The second kappa shape index (κ2) is 7.66. The normalized spacial score (nSPS) is 44.9. The molecule has 162 valence electrons. The Hall–Kier alpha value is -0.890. The molecule has 0 bridgehead atoms. The summed E-state index contributed by atoms with van der Waals surface area (Å²) in [5.74, 6) is 4.36. The Labute approximate surface area is 178 Å². The van der Waals surface area contributed by atoms with Crippen molar-refractivity contribution in [3.63, 3.8) is 0 Å². The van der Waals surface area contributed by atoms with Crippen LogP contribution in [-0.4, -0.2) is 17.0 Å². The van der Waals surface area contributed by atoms with Crippen LogP contribution in [0.1, 0.15) is 86.0 Å². The lowest BCUT2D eigenvalue weighted by Gasteiger charge is -2.56. The molecule has 2 fully saturated rings. The van der Waals surface area contributed by atoms with Crippen molar-refractivity contribution in [2.24, 2.45) is 46.3 Å². The van der Waals surface area contributed by atoms with E-state index in [0.29, 0.717) is 23.7 Å². The maximum Gasteiger partial charge on any atom is 0.184 e. The van der Waals surface area contributed by atoms with Gasteiger partial charge in [-0.25, -0.2) is 0 Å². The highest BCUT2D eigenvalue weighted by atomic mass is 16.3. The summed E-state index contributed by atoms with van der Waals surface area (Å²) in [6, 6.07) is 0. The SMILES string of the molecule is CC(C)CCC[C@@H](C)[C@H]1CC[C@H]2[C@@H]3C=CC4=CC(=O)C(O)C[C@]4(C)[C@H]3CC[C@]12C. The van der Waals surface area contributed by atoms with Crippen molar-refractivity contribution in [2.45, 2.75) is 92.1 Å². The van der Waals surface area contributed by atoms with Crippen molar-refractivity contribution < 1.29 is 9.90 Å². The second-order valence-electron chi connectivity index (χ2n) is 11.8. The number of fused-ring (bicyclic) bond motifs is 5. The van der Waals surface area contributed by atoms with Crippen LogP contribution in [0.2, 0.25) is 0 Å². The third-order valence-electron chi connectivity index (χ3n) is 9.75. The summed E-state index contributed by atoms with van der Waals surface area (Å²) in [6.45, 7) is 12.1. The first-order valence-electron chi connectivity index (χ1n) is 12.3. The van der Waals surface area contributed by atoms with Crippen LogP contribution in [0.15, 0.2) is 23.8 Å². The minimum atomic E-state index is -0.804.